The van der Waals surface area contributed by atoms with Gasteiger partial charge in [-0.25, -0.2) is 0 Å². The van der Waals surface area contributed by atoms with Crippen LogP contribution in [0.2, 0.25) is 0 Å². The van der Waals surface area contributed by atoms with Crippen molar-refractivity contribution in [2.24, 2.45) is 0 Å². The van der Waals surface area contributed by atoms with Crippen LogP contribution in [0.4, 0.5) is 26.3 Å². The molecule has 0 saturated carbocycles. The molecular formula is C11H7F6IO2. The molecule has 20 heavy (non-hydrogen) atoms. The number of rotatable bonds is 2. The summed E-state index contributed by atoms with van der Waals surface area (Å²) in [7, 11) is 1.03. The van der Waals surface area contributed by atoms with Crippen LogP contribution in [0.3, 0.4) is 0 Å². The Bertz CT molecular complexity index is 521. The van der Waals surface area contributed by atoms with Crippen LogP contribution in [0.25, 0.3) is 0 Å². The van der Waals surface area contributed by atoms with E-state index < -0.39 is 39.4 Å². The Hall–Kier alpha value is -1.00. The number of carbonyl (C=O) groups is 1. The Morgan fingerprint density at radius 2 is 1.70 bits per heavy atom. The molecule has 112 valence electrons. The molecule has 2 nitrogen and oxygen atoms in total. The molecule has 1 rings (SSSR count). The maximum absolute atomic E-state index is 12.8. The molecule has 0 aliphatic rings. The molecule has 0 bridgehead atoms. The van der Waals surface area contributed by atoms with E-state index in [4.69, 9.17) is 0 Å². The van der Waals surface area contributed by atoms with Gasteiger partial charge in [0.25, 0.3) is 0 Å². The van der Waals surface area contributed by atoms with Crippen molar-refractivity contribution in [1.82, 2.24) is 0 Å². The van der Waals surface area contributed by atoms with E-state index >= 15 is 0 Å². The van der Waals surface area contributed by atoms with E-state index in [2.05, 4.69) is 4.74 Å². The van der Waals surface area contributed by atoms with Gasteiger partial charge in [0.15, 0.2) is 0 Å². The van der Waals surface area contributed by atoms with Gasteiger partial charge in [0.05, 0.1) is 24.7 Å². The zero-order valence-electron chi connectivity index (χ0n) is 9.82. The Balaban J connectivity index is 3.48. The Morgan fingerprint density at radius 3 is 2.10 bits per heavy atom. The lowest BCUT2D eigenvalue weighted by Crippen LogP contribution is -2.20. The molecule has 1 aromatic rings. The molecule has 9 heteroatoms. The predicted octanol–water partition coefficient (Wildman–Crippen LogP) is 4.04. The molecule has 1 aromatic carbocycles. The smallest absolute Gasteiger partial charge is 0.418 e. The lowest BCUT2D eigenvalue weighted by molar-refractivity contribution is -0.162. The fraction of sp³-hybridized carbons (Fsp3) is 0.364. The third-order valence-electron chi connectivity index (χ3n) is 2.37. The molecule has 0 aliphatic heterocycles. The average Bonchev–Trinajstić information content (AvgIpc) is 2.28. The molecule has 0 aromatic heterocycles. The van der Waals surface area contributed by atoms with Gasteiger partial charge in [0, 0.05) is 3.57 Å². The summed E-state index contributed by atoms with van der Waals surface area (Å²) in [5.74, 6) is -0.837. The van der Waals surface area contributed by atoms with Gasteiger partial charge in [0.2, 0.25) is 0 Å². The van der Waals surface area contributed by atoms with Crippen molar-refractivity contribution in [2.75, 3.05) is 7.11 Å². The van der Waals surface area contributed by atoms with Crippen LogP contribution in [0, 0.1) is 3.57 Å². The summed E-state index contributed by atoms with van der Waals surface area (Å²) in [6.07, 6.45) is -10.8. The molecule has 0 unspecified atom stereocenters. The molecular weight excluding hydrogens is 405 g/mol. The standard InChI is InChI=1S/C11H7F6IO2/c1-20-7(19)4-5-2-3-6(10(12,13)14)8(9(5)18)11(15,16)17/h2-3H,4H2,1H3. The summed E-state index contributed by atoms with van der Waals surface area (Å²) in [6.45, 7) is 0. The number of benzene rings is 1. The lowest BCUT2D eigenvalue weighted by Gasteiger charge is -2.19. The number of halogens is 7. The third-order valence-corrected chi connectivity index (χ3v) is 3.61. The number of hydrogen-bond donors (Lipinski definition) is 0. The number of carbonyl (C=O) groups excluding carboxylic acids is 1. The second kappa shape index (κ2) is 5.78. The summed E-state index contributed by atoms with van der Waals surface area (Å²) in [4.78, 5) is 11.0. The van der Waals surface area contributed by atoms with E-state index in [-0.39, 0.29) is 5.56 Å². The van der Waals surface area contributed by atoms with Gasteiger partial charge in [-0.2, -0.15) is 26.3 Å². The summed E-state index contributed by atoms with van der Waals surface area (Å²) in [5, 5.41) is 0. The van der Waals surface area contributed by atoms with Crippen LogP contribution in [-0.2, 0) is 28.3 Å². The molecule has 0 atom stereocenters. The summed E-state index contributed by atoms with van der Waals surface area (Å²) < 4.78 is 80.0. The van der Waals surface area contributed by atoms with Gasteiger partial charge in [-0.05, 0) is 34.2 Å². The monoisotopic (exact) mass is 412 g/mol. The lowest BCUT2D eigenvalue weighted by atomic mass is 10.0. The summed E-state index contributed by atoms with van der Waals surface area (Å²) in [5.41, 5.74) is -3.73. The van der Waals surface area contributed by atoms with Crippen LogP contribution >= 0.6 is 22.6 Å². The van der Waals surface area contributed by atoms with Crippen LogP contribution < -0.4 is 0 Å². The zero-order valence-corrected chi connectivity index (χ0v) is 12.0. The first-order chi connectivity index (χ1) is 8.98. The number of methoxy groups -OCH3 is 1. The van der Waals surface area contributed by atoms with Crippen molar-refractivity contribution in [3.63, 3.8) is 0 Å². The SMILES string of the molecule is COC(=O)Cc1ccc(C(F)(F)F)c(C(F)(F)F)c1I. The normalized spacial score (nSPS) is 12.4. The highest BCUT2D eigenvalue weighted by Gasteiger charge is 2.45. The van der Waals surface area contributed by atoms with Gasteiger partial charge >= 0.3 is 18.3 Å². The fourth-order valence-corrected chi connectivity index (χ4v) is 2.46. The van der Waals surface area contributed by atoms with Crippen molar-refractivity contribution in [3.8, 4) is 0 Å². The Kier molecular flexibility index (Phi) is 4.93. The number of ether oxygens (including phenoxy) is 1. The second-order valence-corrected chi connectivity index (χ2v) is 4.79. The summed E-state index contributed by atoms with van der Waals surface area (Å²) >= 11 is 1.15. The van der Waals surface area contributed by atoms with E-state index in [1.54, 1.807) is 0 Å². The van der Waals surface area contributed by atoms with Gasteiger partial charge in [0.1, 0.15) is 0 Å². The first kappa shape index (κ1) is 17.1. The minimum atomic E-state index is -5.17. The van der Waals surface area contributed by atoms with Gasteiger partial charge in [-0.3, -0.25) is 4.79 Å². The molecule has 0 spiro atoms. The maximum atomic E-state index is 12.8. The van der Waals surface area contributed by atoms with Crippen LogP contribution in [-0.4, -0.2) is 13.1 Å². The first-order valence-electron chi connectivity index (χ1n) is 5.01. The van der Waals surface area contributed by atoms with Gasteiger partial charge < -0.3 is 4.74 Å². The molecule has 0 amide bonds. The highest BCUT2D eigenvalue weighted by Crippen LogP contribution is 2.43. The molecule has 0 aliphatic carbocycles. The van der Waals surface area contributed by atoms with Crippen LogP contribution in [0.15, 0.2) is 12.1 Å². The number of esters is 1. The summed E-state index contributed by atoms with van der Waals surface area (Å²) in [6, 6.07) is 1.17. The van der Waals surface area contributed by atoms with E-state index in [9.17, 15) is 31.1 Å². The molecule has 0 radical (unpaired) electrons. The number of alkyl halides is 6. The maximum Gasteiger partial charge on any atom is 0.418 e. The van der Waals surface area contributed by atoms with Crippen molar-refractivity contribution >= 4 is 28.6 Å². The Morgan fingerprint density at radius 1 is 1.15 bits per heavy atom. The molecule has 0 fully saturated rings. The number of hydrogen-bond acceptors (Lipinski definition) is 2. The van der Waals surface area contributed by atoms with Crippen molar-refractivity contribution < 1.29 is 35.9 Å². The largest absolute Gasteiger partial charge is 0.469 e. The predicted molar refractivity (Wildman–Crippen MR) is 64.9 cm³/mol. The first-order valence-corrected chi connectivity index (χ1v) is 6.09. The van der Waals surface area contributed by atoms with Crippen LogP contribution in [0.1, 0.15) is 16.7 Å². The average molecular weight is 412 g/mol. The highest BCUT2D eigenvalue weighted by atomic mass is 127. The second-order valence-electron chi connectivity index (χ2n) is 3.71. The van der Waals surface area contributed by atoms with E-state index in [1.807, 2.05) is 0 Å². The minimum absolute atomic E-state index is 0.169. The minimum Gasteiger partial charge on any atom is -0.469 e. The van der Waals surface area contributed by atoms with Gasteiger partial charge in [-0.1, -0.05) is 6.07 Å². The molecule has 0 heterocycles. The van der Waals surface area contributed by atoms with E-state index in [0.29, 0.717) is 6.07 Å². The van der Waals surface area contributed by atoms with E-state index in [0.717, 1.165) is 35.8 Å². The van der Waals surface area contributed by atoms with Crippen LogP contribution in [0.5, 0.6) is 0 Å². The fourth-order valence-electron chi connectivity index (χ4n) is 1.50. The third kappa shape index (κ3) is 3.76. The quantitative estimate of drug-likeness (QED) is 0.417. The van der Waals surface area contributed by atoms with Crippen molar-refractivity contribution in [1.29, 1.82) is 0 Å². The highest BCUT2D eigenvalue weighted by molar-refractivity contribution is 14.1. The Labute approximate surface area is 123 Å². The van der Waals surface area contributed by atoms with E-state index in [1.165, 1.54) is 0 Å². The topological polar surface area (TPSA) is 26.3 Å². The molecule has 0 N–H and O–H groups in total. The van der Waals surface area contributed by atoms with Gasteiger partial charge in [-0.15, -0.1) is 0 Å². The van der Waals surface area contributed by atoms with Crippen molar-refractivity contribution in [3.05, 3.63) is 32.4 Å². The molecule has 0 saturated heterocycles. The van der Waals surface area contributed by atoms with Crippen molar-refractivity contribution in [2.45, 2.75) is 18.8 Å². The zero-order chi connectivity index (χ0) is 15.7.